The molecule has 0 aliphatic carbocycles. The molecule has 1 aromatic rings. The number of sulfone groups is 1. The van der Waals surface area contributed by atoms with Crippen LogP contribution in [0.2, 0.25) is 0 Å². The van der Waals surface area contributed by atoms with Gasteiger partial charge < -0.3 is 5.32 Å². The van der Waals surface area contributed by atoms with Gasteiger partial charge in [-0.1, -0.05) is 22.0 Å². The number of anilines is 1. The fourth-order valence-corrected chi connectivity index (χ4v) is 4.91. The molecular weight excluding hydrogens is 374 g/mol. The van der Waals surface area contributed by atoms with Gasteiger partial charge in [0.25, 0.3) is 0 Å². The maximum absolute atomic E-state index is 11.7. The van der Waals surface area contributed by atoms with Crippen molar-refractivity contribution in [1.82, 2.24) is 10.0 Å². The first-order valence-electron chi connectivity index (χ1n) is 6.52. The average Bonchev–Trinajstić information content (AvgIpc) is 2.68. The number of thiocarbonyl (C=S) groups is 1. The topological polar surface area (TPSA) is 52.6 Å². The summed E-state index contributed by atoms with van der Waals surface area (Å²) in [6.45, 7) is 0. The van der Waals surface area contributed by atoms with Crippen LogP contribution in [0.4, 0.5) is 5.69 Å². The number of benzene rings is 1. The summed E-state index contributed by atoms with van der Waals surface area (Å²) in [6.07, 6.45) is 0.598. The minimum absolute atomic E-state index is 0.114. The van der Waals surface area contributed by atoms with Crippen LogP contribution >= 0.6 is 28.1 Å². The first-order valence-corrected chi connectivity index (χ1v) is 9.54. The number of nitrogens with zero attached hydrogens (tertiary/aromatic N) is 2. The summed E-state index contributed by atoms with van der Waals surface area (Å²) in [5.74, 6) is 0.368. The van der Waals surface area contributed by atoms with Crippen LogP contribution in [0.1, 0.15) is 6.42 Å². The summed E-state index contributed by atoms with van der Waals surface area (Å²) >= 11 is 8.86. The third-order valence-electron chi connectivity index (χ3n) is 3.27. The molecule has 0 aromatic heterocycles. The lowest BCUT2D eigenvalue weighted by Gasteiger charge is -2.36. The first kappa shape index (κ1) is 16.7. The van der Waals surface area contributed by atoms with E-state index in [9.17, 15) is 8.42 Å². The predicted molar refractivity (Wildman–Crippen MR) is 92.9 cm³/mol. The Kier molecular flexibility index (Phi) is 5.24. The molecule has 1 aromatic carbocycles. The van der Waals surface area contributed by atoms with Gasteiger partial charge in [-0.3, -0.25) is 5.01 Å². The van der Waals surface area contributed by atoms with Gasteiger partial charge in [-0.15, -0.1) is 0 Å². The molecule has 0 bridgehead atoms. The number of hydrogen-bond acceptors (Lipinski definition) is 4. The van der Waals surface area contributed by atoms with Crippen LogP contribution < -0.4 is 5.32 Å². The molecule has 1 aliphatic rings. The summed E-state index contributed by atoms with van der Waals surface area (Å²) in [7, 11) is 0.772. The average molecular weight is 392 g/mol. The van der Waals surface area contributed by atoms with Crippen molar-refractivity contribution >= 4 is 48.8 Å². The molecule has 21 heavy (non-hydrogen) atoms. The fraction of sp³-hybridized carbons (Fsp3) is 0.462. The molecule has 116 valence electrons. The van der Waals surface area contributed by atoms with Crippen molar-refractivity contribution in [2.45, 2.75) is 12.5 Å². The summed E-state index contributed by atoms with van der Waals surface area (Å²) < 4.78 is 24.3. The molecule has 0 spiro atoms. The molecule has 0 radical (unpaired) electrons. The van der Waals surface area contributed by atoms with Crippen molar-refractivity contribution in [3.05, 3.63) is 28.7 Å². The van der Waals surface area contributed by atoms with Gasteiger partial charge >= 0.3 is 0 Å². The standard InChI is InChI=1S/C13H18BrN3O2S2/c1-16(2)17(12-6-7-21(18,19)9-12)13(20)15-11-5-3-4-10(14)8-11/h3-5,8,12H,6-7,9H2,1-2H3,(H,15,20)/t12-/m1/s1. The Morgan fingerprint density at radius 1 is 1.43 bits per heavy atom. The molecule has 5 nitrogen and oxygen atoms in total. The largest absolute Gasteiger partial charge is 0.331 e. The van der Waals surface area contributed by atoms with Crippen molar-refractivity contribution in [1.29, 1.82) is 0 Å². The molecule has 1 aliphatic heterocycles. The van der Waals surface area contributed by atoms with Crippen molar-refractivity contribution in [2.75, 3.05) is 30.9 Å². The Hall–Kier alpha value is -0.700. The number of rotatable bonds is 3. The van der Waals surface area contributed by atoms with Crippen molar-refractivity contribution in [3.8, 4) is 0 Å². The molecular formula is C13H18BrN3O2S2. The maximum Gasteiger partial charge on any atom is 0.188 e. The number of halogens is 1. The molecule has 1 N–H and O–H groups in total. The second-order valence-electron chi connectivity index (χ2n) is 5.19. The van der Waals surface area contributed by atoms with Gasteiger partial charge in [-0.25, -0.2) is 13.4 Å². The van der Waals surface area contributed by atoms with Crippen molar-refractivity contribution in [3.63, 3.8) is 0 Å². The zero-order valence-electron chi connectivity index (χ0n) is 11.9. The Balaban J connectivity index is 2.13. The van der Waals surface area contributed by atoms with Gasteiger partial charge in [0.05, 0.1) is 17.5 Å². The van der Waals surface area contributed by atoms with Crippen molar-refractivity contribution in [2.24, 2.45) is 0 Å². The van der Waals surface area contributed by atoms with E-state index in [1.807, 2.05) is 48.4 Å². The van der Waals surface area contributed by atoms with Gasteiger partial charge in [0.2, 0.25) is 0 Å². The molecule has 1 atom stereocenters. The Morgan fingerprint density at radius 3 is 2.67 bits per heavy atom. The lowest BCUT2D eigenvalue weighted by Crippen LogP contribution is -2.51. The van der Waals surface area contributed by atoms with E-state index in [2.05, 4.69) is 21.2 Å². The highest BCUT2D eigenvalue weighted by Gasteiger charge is 2.34. The molecule has 0 amide bonds. The highest BCUT2D eigenvalue weighted by molar-refractivity contribution is 9.10. The van der Waals surface area contributed by atoms with Gasteiger partial charge in [0, 0.05) is 24.3 Å². The lowest BCUT2D eigenvalue weighted by atomic mass is 10.2. The zero-order chi connectivity index (χ0) is 15.6. The summed E-state index contributed by atoms with van der Waals surface area (Å²) in [4.78, 5) is 0. The number of hydrazine groups is 1. The highest BCUT2D eigenvalue weighted by Crippen LogP contribution is 2.21. The molecule has 0 unspecified atom stereocenters. The van der Waals surface area contributed by atoms with Gasteiger partial charge in [-0.2, -0.15) is 0 Å². The fourth-order valence-electron chi connectivity index (χ4n) is 2.39. The van der Waals surface area contributed by atoms with E-state index in [1.165, 1.54) is 0 Å². The molecule has 2 rings (SSSR count). The van der Waals surface area contributed by atoms with E-state index in [-0.39, 0.29) is 17.5 Å². The molecule has 1 saturated heterocycles. The Bertz CT molecular complexity index is 634. The smallest absolute Gasteiger partial charge is 0.188 e. The Labute approximate surface area is 139 Å². The SMILES string of the molecule is CN(C)N(C(=S)Nc1cccc(Br)c1)[C@@H]1CCS(=O)(=O)C1. The molecule has 8 heteroatoms. The summed E-state index contributed by atoms with van der Waals surface area (Å²) in [5.41, 5.74) is 0.863. The lowest BCUT2D eigenvalue weighted by molar-refractivity contribution is 0.0757. The minimum Gasteiger partial charge on any atom is -0.331 e. The van der Waals surface area contributed by atoms with Crippen LogP contribution in [0.25, 0.3) is 0 Å². The van der Waals surface area contributed by atoms with Crippen LogP contribution in [-0.2, 0) is 9.84 Å². The van der Waals surface area contributed by atoms with E-state index in [0.717, 1.165) is 10.2 Å². The van der Waals surface area contributed by atoms with Gasteiger partial charge in [0.1, 0.15) is 0 Å². The van der Waals surface area contributed by atoms with Crippen LogP contribution in [0.15, 0.2) is 28.7 Å². The highest BCUT2D eigenvalue weighted by atomic mass is 79.9. The van der Waals surface area contributed by atoms with E-state index < -0.39 is 9.84 Å². The van der Waals surface area contributed by atoms with Crippen LogP contribution in [-0.4, -0.2) is 55.2 Å². The maximum atomic E-state index is 11.7. The van der Waals surface area contributed by atoms with Crippen LogP contribution in [0.5, 0.6) is 0 Å². The van der Waals surface area contributed by atoms with Crippen molar-refractivity contribution < 1.29 is 8.42 Å². The van der Waals surface area contributed by atoms with E-state index in [0.29, 0.717) is 11.5 Å². The van der Waals surface area contributed by atoms with E-state index >= 15 is 0 Å². The monoisotopic (exact) mass is 391 g/mol. The van der Waals surface area contributed by atoms with Crippen LogP contribution in [0, 0.1) is 0 Å². The molecule has 1 fully saturated rings. The van der Waals surface area contributed by atoms with E-state index in [4.69, 9.17) is 12.2 Å². The van der Waals surface area contributed by atoms with E-state index in [1.54, 1.807) is 0 Å². The third-order valence-corrected chi connectivity index (χ3v) is 5.80. The molecule has 1 heterocycles. The molecule has 0 saturated carbocycles. The number of hydrogen-bond donors (Lipinski definition) is 1. The van der Waals surface area contributed by atoms with Gasteiger partial charge in [-0.05, 0) is 36.8 Å². The van der Waals surface area contributed by atoms with Gasteiger partial charge in [0.15, 0.2) is 14.9 Å². The zero-order valence-corrected chi connectivity index (χ0v) is 15.1. The quantitative estimate of drug-likeness (QED) is 0.628. The summed E-state index contributed by atoms with van der Waals surface area (Å²) in [6, 6.07) is 7.57. The predicted octanol–water partition coefficient (Wildman–Crippen LogP) is 2.11. The normalized spacial score (nSPS) is 20.5. The minimum atomic E-state index is -2.95. The second kappa shape index (κ2) is 6.60. The van der Waals surface area contributed by atoms with Crippen LogP contribution in [0.3, 0.4) is 0 Å². The number of nitrogens with one attached hydrogen (secondary N) is 1. The first-order chi connectivity index (χ1) is 9.78. The third kappa shape index (κ3) is 4.38. The second-order valence-corrected chi connectivity index (χ2v) is 8.72. The Morgan fingerprint density at radius 2 is 2.14 bits per heavy atom. The summed E-state index contributed by atoms with van der Waals surface area (Å²) in [5, 5.41) is 7.33.